The molecule has 0 heterocycles. The molecule has 15 heavy (non-hydrogen) atoms. The van der Waals surface area contributed by atoms with Gasteiger partial charge in [0.15, 0.2) is 6.10 Å². The molecule has 0 aromatic carbocycles. The molecule has 1 atom stereocenters. The van der Waals surface area contributed by atoms with Gasteiger partial charge in [0, 0.05) is 19.6 Å². The van der Waals surface area contributed by atoms with E-state index < -0.39 is 18.8 Å². The van der Waals surface area contributed by atoms with Crippen LogP contribution < -0.4 is 5.32 Å². The number of nitrogens with one attached hydrogen (secondary N) is 1. The number of halogens is 3. The van der Waals surface area contributed by atoms with Crippen LogP contribution >= 0.6 is 0 Å². The number of likely N-dealkylation sites (N-methyl/N-ethyl adjacent to an activating group) is 1. The smallest absolute Gasteiger partial charge is 0.382 e. The molecular weight excluding hydrogens is 209 g/mol. The Morgan fingerprint density at radius 1 is 1.27 bits per heavy atom. The Kier molecular flexibility index (Phi) is 6.87. The van der Waals surface area contributed by atoms with E-state index in [-0.39, 0.29) is 0 Å². The summed E-state index contributed by atoms with van der Waals surface area (Å²) < 4.78 is 35.6. The van der Waals surface area contributed by atoms with Crippen LogP contribution in [0.25, 0.3) is 0 Å². The summed E-state index contributed by atoms with van der Waals surface area (Å²) in [6.07, 6.45) is -6.79. The molecule has 0 aliphatic heterocycles. The van der Waals surface area contributed by atoms with Crippen molar-refractivity contribution >= 4 is 0 Å². The van der Waals surface area contributed by atoms with Crippen LogP contribution in [0.4, 0.5) is 13.2 Å². The van der Waals surface area contributed by atoms with Gasteiger partial charge in [0.05, 0.1) is 0 Å². The predicted octanol–water partition coefficient (Wildman–Crippen LogP) is 0.841. The molecule has 0 spiro atoms. The van der Waals surface area contributed by atoms with Gasteiger partial charge < -0.3 is 15.3 Å². The van der Waals surface area contributed by atoms with Crippen LogP contribution in [0.15, 0.2) is 0 Å². The second-order valence-corrected chi connectivity index (χ2v) is 3.29. The zero-order valence-corrected chi connectivity index (χ0v) is 9.14. The summed E-state index contributed by atoms with van der Waals surface area (Å²) in [7, 11) is 0. The van der Waals surface area contributed by atoms with Gasteiger partial charge >= 0.3 is 6.18 Å². The molecule has 0 aliphatic carbocycles. The van der Waals surface area contributed by atoms with E-state index >= 15 is 0 Å². The van der Waals surface area contributed by atoms with Gasteiger partial charge in [-0.05, 0) is 13.1 Å². The Hall–Kier alpha value is -0.330. The molecule has 1 unspecified atom stereocenters. The van der Waals surface area contributed by atoms with E-state index in [9.17, 15) is 13.2 Å². The summed E-state index contributed by atoms with van der Waals surface area (Å²) >= 11 is 0. The molecule has 0 aromatic rings. The summed E-state index contributed by atoms with van der Waals surface area (Å²) in [5, 5.41) is 11.2. The number of hydrogen-bond donors (Lipinski definition) is 2. The highest BCUT2D eigenvalue weighted by molar-refractivity contribution is 4.68. The number of rotatable bonds is 7. The molecule has 0 saturated carbocycles. The van der Waals surface area contributed by atoms with E-state index in [0.29, 0.717) is 13.1 Å². The highest BCUT2D eigenvalue weighted by Crippen LogP contribution is 2.18. The van der Waals surface area contributed by atoms with Gasteiger partial charge in [-0.25, -0.2) is 0 Å². The summed E-state index contributed by atoms with van der Waals surface area (Å²) in [6, 6.07) is 0. The predicted molar refractivity (Wildman–Crippen MR) is 52.7 cm³/mol. The minimum atomic E-state index is -4.53. The number of hydrogen-bond acceptors (Lipinski definition) is 3. The Labute approximate surface area is 88.3 Å². The number of aliphatic hydroxyl groups is 1. The second-order valence-electron chi connectivity index (χ2n) is 3.29. The molecule has 0 saturated heterocycles. The van der Waals surface area contributed by atoms with Crippen molar-refractivity contribution in [1.29, 1.82) is 0 Å². The second kappa shape index (κ2) is 7.03. The first-order chi connectivity index (χ1) is 6.91. The summed E-state index contributed by atoms with van der Waals surface area (Å²) in [6.45, 7) is 6.44. The third-order valence-corrected chi connectivity index (χ3v) is 2.21. The van der Waals surface area contributed by atoms with E-state index in [1.807, 2.05) is 13.8 Å². The first kappa shape index (κ1) is 14.7. The van der Waals surface area contributed by atoms with Gasteiger partial charge in [0.1, 0.15) is 0 Å². The topological polar surface area (TPSA) is 35.5 Å². The molecule has 0 aromatic heterocycles. The number of aliphatic hydroxyl groups excluding tert-OH is 1. The lowest BCUT2D eigenvalue weighted by molar-refractivity contribution is -0.201. The fraction of sp³-hybridized carbons (Fsp3) is 1.00. The van der Waals surface area contributed by atoms with Crippen LogP contribution in [-0.2, 0) is 0 Å². The minimum absolute atomic E-state index is 0.440. The van der Waals surface area contributed by atoms with Crippen molar-refractivity contribution in [2.24, 2.45) is 0 Å². The van der Waals surface area contributed by atoms with Crippen molar-refractivity contribution in [3.63, 3.8) is 0 Å². The highest BCUT2D eigenvalue weighted by atomic mass is 19.4. The average molecular weight is 228 g/mol. The Morgan fingerprint density at radius 3 is 2.20 bits per heavy atom. The molecule has 0 aliphatic rings. The summed E-state index contributed by atoms with van der Waals surface area (Å²) in [5.41, 5.74) is 0. The lowest BCUT2D eigenvalue weighted by Gasteiger charge is -2.19. The molecule has 0 bridgehead atoms. The van der Waals surface area contributed by atoms with Crippen molar-refractivity contribution < 1.29 is 18.3 Å². The van der Waals surface area contributed by atoms with Gasteiger partial charge in [0.25, 0.3) is 0 Å². The molecule has 0 rings (SSSR count). The highest BCUT2D eigenvalue weighted by Gasteiger charge is 2.37. The molecule has 0 radical (unpaired) electrons. The van der Waals surface area contributed by atoms with Crippen molar-refractivity contribution in [3.05, 3.63) is 0 Å². The third kappa shape index (κ3) is 6.70. The van der Waals surface area contributed by atoms with Crippen molar-refractivity contribution in [3.8, 4) is 0 Å². The van der Waals surface area contributed by atoms with Gasteiger partial charge in [-0.3, -0.25) is 0 Å². The Bertz CT molecular complexity index is 160. The SMILES string of the molecule is CCN(CC)CCNCC(O)C(F)(F)F. The normalized spacial score (nSPS) is 14.6. The van der Waals surface area contributed by atoms with E-state index in [0.717, 1.165) is 13.1 Å². The quantitative estimate of drug-likeness (QED) is 0.634. The number of alkyl halides is 3. The lowest BCUT2D eigenvalue weighted by atomic mass is 10.3. The first-order valence-electron chi connectivity index (χ1n) is 5.09. The molecule has 0 fully saturated rings. The third-order valence-electron chi connectivity index (χ3n) is 2.21. The van der Waals surface area contributed by atoms with Crippen LogP contribution in [0.5, 0.6) is 0 Å². The van der Waals surface area contributed by atoms with Crippen LogP contribution in [0, 0.1) is 0 Å². The van der Waals surface area contributed by atoms with E-state index in [1.54, 1.807) is 0 Å². The molecule has 3 nitrogen and oxygen atoms in total. The maximum absolute atomic E-state index is 11.9. The largest absolute Gasteiger partial charge is 0.415 e. The van der Waals surface area contributed by atoms with Crippen LogP contribution in [-0.4, -0.2) is 55.0 Å². The van der Waals surface area contributed by atoms with Crippen molar-refractivity contribution in [2.45, 2.75) is 26.1 Å². The molecule has 2 N–H and O–H groups in total. The van der Waals surface area contributed by atoms with Gasteiger partial charge in [0.2, 0.25) is 0 Å². The molecule has 0 amide bonds. The monoisotopic (exact) mass is 228 g/mol. The minimum Gasteiger partial charge on any atom is -0.382 e. The summed E-state index contributed by atoms with van der Waals surface area (Å²) in [4.78, 5) is 2.09. The lowest BCUT2D eigenvalue weighted by Crippen LogP contribution is -2.41. The molecule has 92 valence electrons. The van der Waals surface area contributed by atoms with E-state index in [2.05, 4.69) is 10.2 Å². The van der Waals surface area contributed by atoms with Crippen LogP contribution in [0.2, 0.25) is 0 Å². The van der Waals surface area contributed by atoms with Gasteiger partial charge in [-0.2, -0.15) is 13.2 Å². The average Bonchev–Trinajstić information content (AvgIpc) is 2.16. The standard InChI is InChI=1S/C9H19F3N2O/c1-3-14(4-2)6-5-13-7-8(15)9(10,11)12/h8,13,15H,3-7H2,1-2H3. The maximum Gasteiger partial charge on any atom is 0.415 e. The van der Waals surface area contributed by atoms with Crippen molar-refractivity contribution in [1.82, 2.24) is 10.2 Å². The zero-order chi connectivity index (χ0) is 11.9. The fourth-order valence-electron chi connectivity index (χ4n) is 1.13. The first-order valence-corrected chi connectivity index (χ1v) is 5.09. The molecule has 6 heteroatoms. The Morgan fingerprint density at radius 2 is 1.80 bits per heavy atom. The molecular formula is C9H19F3N2O. The number of nitrogens with zero attached hydrogens (tertiary/aromatic N) is 1. The maximum atomic E-state index is 11.9. The Balaban J connectivity index is 3.54. The fourth-order valence-corrected chi connectivity index (χ4v) is 1.13. The van der Waals surface area contributed by atoms with E-state index in [1.165, 1.54) is 0 Å². The van der Waals surface area contributed by atoms with Crippen LogP contribution in [0.1, 0.15) is 13.8 Å². The zero-order valence-electron chi connectivity index (χ0n) is 9.14. The van der Waals surface area contributed by atoms with Crippen LogP contribution in [0.3, 0.4) is 0 Å². The van der Waals surface area contributed by atoms with Gasteiger partial charge in [-0.1, -0.05) is 13.8 Å². The van der Waals surface area contributed by atoms with Gasteiger partial charge in [-0.15, -0.1) is 0 Å². The van der Waals surface area contributed by atoms with Crippen molar-refractivity contribution in [2.75, 3.05) is 32.7 Å². The summed E-state index contributed by atoms with van der Waals surface area (Å²) in [5.74, 6) is 0. The van der Waals surface area contributed by atoms with E-state index in [4.69, 9.17) is 5.11 Å².